The number of ether oxygens (including phenoxy) is 1. The van der Waals surface area contributed by atoms with Crippen LogP contribution in [-0.2, 0) is 27.4 Å². The standard InChI is InChI=1S/C19H22N2O5/c1-2-3-8-17(22)21-12-15(9-16(21)18(23)24)26-19(25)20-10-13-6-4-5-7-14(13)11-20/h2,4-7,15-16H,1,3,8-12H2,(H,23,24)/t15-,16?/m1/s1. The fourth-order valence-electron chi connectivity index (χ4n) is 3.44. The summed E-state index contributed by atoms with van der Waals surface area (Å²) in [5.74, 6) is -1.34. The van der Waals surface area contributed by atoms with E-state index in [1.54, 1.807) is 11.0 Å². The lowest BCUT2D eigenvalue weighted by molar-refractivity contribution is -0.148. The van der Waals surface area contributed by atoms with Crippen molar-refractivity contribution in [2.24, 2.45) is 0 Å². The molecule has 0 spiro atoms. The Morgan fingerprint density at radius 3 is 2.46 bits per heavy atom. The summed E-state index contributed by atoms with van der Waals surface area (Å²) in [6.07, 6.45) is 1.33. The van der Waals surface area contributed by atoms with Crippen LogP contribution in [0.1, 0.15) is 30.4 Å². The molecular weight excluding hydrogens is 336 g/mol. The Morgan fingerprint density at radius 2 is 1.88 bits per heavy atom. The first-order valence-corrected chi connectivity index (χ1v) is 8.65. The molecule has 1 aromatic rings. The molecule has 7 nitrogen and oxygen atoms in total. The molecule has 7 heteroatoms. The molecule has 2 aliphatic heterocycles. The highest BCUT2D eigenvalue weighted by Gasteiger charge is 2.41. The molecule has 2 atom stereocenters. The van der Waals surface area contributed by atoms with Crippen LogP contribution in [0.25, 0.3) is 0 Å². The number of aliphatic carboxylic acids is 1. The maximum Gasteiger partial charge on any atom is 0.410 e. The number of carboxylic acids is 1. The number of fused-ring (bicyclic) bond motifs is 1. The molecule has 2 aliphatic rings. The molecule has 0 radical (unpaired) electrons. The van der Waals surface area contributed by atoms with Gasteiger partial charge in [0.05, 0.1) is 6.54 Å². The third-order valence-electron chi connectivity index (χ3n) is 4.80. The Morgan fingerprint density at radius 1 is 1.23 bits per heavy atom. The van der Waals surface area contributed by atoms with Crippen LogP contribution in [0, 0.1) is 0 Å². The summed E-state index contributed by atoms with van der Waals surface area (Å²) in [4.78, 5) is 39.0. The quantitative estimate of drug-likeness (QED) is 0.815. The highest BCUT2D eigenvalue weighted by molar-refractivity contribution is 5.84. The van der Waals surface area contributed by atoms with Gasteiger partial charge in [0.25, 0.3) is 0 Å². The number of carboxylic acid groups (broad SMARTS) is 1. The van der Waals surface area contributed by atoms with Gasteiger partial charge in [0.15, 0.2) is 0 Å². The molecule has 3 rings (SSSR count). The van der Waals surface area contributed by atoms with E-state index in [0.29, 0.717) is 19.5 Å². The number of nitrogens with zero attached hydrogens (tertiary/aromatic N) is 2. The summed E-state index contributed by atoms with van der Waals surface area (Å²) < 4.78 is 5.50. The van der Waals surface area contributed by atoms with Gasteiger partial charge in [-0.15, -0.1) is 6.58 Å². The molecule has 1 unspecified atom stereocenters. The molecule has 0 aromatic heterocycles. The van der Waals surface area contributed by atoms with Gasteiger partial charge in [-0.3, -0.25) is 9.69 Å². The van der Waals surface area contributed by atoms with Gasteiger partial charge in [-0.2, -0.15) is 0 Å². The van der Waals surface area contributed by atoms with Crippen LogP contribution >= 0.6 is 0 Å². The molecule has 1 saturated heterocycles. The first kappa shape index (κ1) is 18.0. The maximum atomic E-state index is 12.4. The second kappa shape index (κ2) is 7.59. The average molecular weight is 358 g/mol. The lowest BCUT2D eigenvalue weighted by Crippen LogP contribution is -2.40. The van der Waals surface area contributed by atoms with Crippen LogP contribution in [0.15, 0.2) is 36.9 Å². The molecule has 2 amide bonds. The number of carbonyl (C=O) groups is 3. The van der Waals surface area contributed by atoms with Gasteiger partial charge < -0.3 is 14.7 Å². The Hall–Kier alpha value is -2.83. The number of benzene rings is 1. The summed E-state index contributed by atoms with van der Waals surface area (Å²) >= 11 is 0. The van der Waals surface area contributed by atoms with Gasteiger partial charge >= 0.3 is 12.1 Å². The van der Waals surface area contributed by atoms with Crippen molar-refractivity contribution in [1.29, 1.82) is 0 Å². The van der Waals surface area contributed by atoms with Gasteiger partial charge in [-0.1, -0.05) is 30.3 Å². The van der Waals surface area contributed by atoms with Gasteiger partial charge in [0, 0.05) is 25.9 Å². The monoisotopic (exact) mass is 358 g/mol. The van der Waals surface area contributed by atoms with Crippen molar-refractivity contribution in [1.82, 2.24) is 9.80 Å². The first-order chi connectivity index (χ1) is 12.5. The normalized spacial score (nSPS) is 21.4. The third kappa shape index (κ3) is 3.71. The van der Waals surface area contributed by atoms with E-state index >= 15 is 0 Å². The van der Waals surface area contributed by atoms with Crippen molar-refractivity contribution in [2.75, 3.05) is 6.54 Å². The zero-order chi connectivity index (χ0) is 18.7. The van der Waals surface area contributed by atoms with E-state index in [2.05, 4.69) is 6.58 Å². The Balaban J connectivity index is 1.60. The van der Waals surface area contributed by atoms with E-state index in [4.69, 9.17) is 4.74 Å². The van der Waals surface area contributed by atoms with Crippen LogP contribution in [-0.4, -0.2) is 51.6 Å². The molecule has 1 fully saturated rings. The summed E-state index contributed by atoms with van der Waals surface area (Å²) in [6.45, 7) is 4.63. The molecular formula is C19H22N2O5. The minimum atomic E-state index is -1.08. The number of likely N-dealkylation sites (tertiary alicyclic amines) is 1. The Labute approximate surface area is 151 Å². The second-order valence-electron chi connectivity index (χ2n) is 6.59. The number of carbonyl (C=O) groups excluding carboxylic acids is 2. The summed E-state index contributed by atoms with van der Waals surface area (Å²) in [6, 6.07) is 6.84. The lowest BCUT2D eigenvalue weighted by atomic mass is 10.1. The third-order valence-corrected chi connectivity index (χ3v) is 4.80. The van der Waals surface area contributed by atoms with Gasteiger partial charge in [-0.25, -0.2) is 9.59 Å². The van der Waals surface area contributed by atoms with Crippen LogP contribution in [0.2, 0.25) is 0 Å². The zero-order valence-electron chi connectivity index (χ0n) is 14.5. The second-order valence-corrected chi connectivity index (χ2v) is 6.59. The van der Waals surface area contributed by atoms with Gasteiger partial charge in [0.2, 0.25) is 5.91 Å². The van der Waals surface area contributed by atoms with Crippen molar-refractivity contribution in [3.05, 3.63) is 48.0 Å². The average Bonchev–Trinajstić information content (AvgIpc) is 3.23. The van der Waals surface area contributed by atoms with Crippen LogP contribution in [0.5, 0.6) is 0 Å². The van der Waals surface area contributed by atoms with E-state index in [1.165, 1.54) is 4.90 Å². The number of allylic oxidation sites excluding steroid dienone is 1. The first-order valence-electron chi connectivity index (χ1n) is 8.65. The summed E-state index contributed by atoms with van der Waals surface area (Å²) in [5.41, 5.74) is 2.17. The van der Waals surface area contributed by atoms with E-state index < -0.39 is 24.2 Å². The van der Waals surface area contributed by atoms with E-state index in [1.807, 2.05) is 24.3 Å². The fraction of sp³-hybridized carbons (Fsp3) is 0.421. The van der Waals surface area contributed by atoms with Gasteiger partial charge in [0.1, 0.15) is 12.1 Å². The van der Waals surface area contributed by atoms with Crippen LogP contribution in [0.3, 0.4) is 0 Å². The molecule has 0 saturated carbocycles. The molecule has 1 aromatic carbocycles. The van der Waals surface area contributed by atoms with Crippen LogP contribution in [0.4, 0.5) is 4.79 Å². The van der Waals surface area contributed by atoms with E-state index in [9.17, 15) is 19.5 Å². The van der Waals surface area contributed by atoms with Crippen LogP contribution < -0.4 is 0 Å². The predicted octanol–water partition coefficient (Wildman–Crippen LogP) is 2.16. The Kier molecular flexibility index (Phi) is 5.25. The van der Waals surface area contributed by atoms with E-state index in [0.717, 1.165) is 11.1 Å². The molecule has 1 N–H and O–H groups in total. The van der Waals surface area contributed by atoms with Gasteiger partial charge in [-0.05, 0) is 17.5 Å². The summed E-state index contributed by atoms with van der Waals surface area (Å²) in [5, 5.41) is 9.37. The van der Waals surface area contributed by atoms with Crippen molar-refractivity contribution in [2.45, 2.75) is 44.5 Å². The van der Waals surface area contributed by atoms with Crippen molar-refractivity contribution < 1.29 is 24.2 Å². The minimum absolute atomic E-state index is 0.111. The smallest absolute Gasteiger partial charge is 0.410 e. The fourth-order valence-corrected chi connectivity index (χ4v) is 3.44. The topological polar surface area (TPSA) is 87.2 Å². The SMILES string of the molecule is C=CCCC(=O)N1C[C@H](OC(=O)N2Cc3ccccc3C2)CC1C(=O)O. The van der Waals surface area contributed by atoms with Crippen molar-refractivity contribution >= 4 is 18.0 Å². The number of hydrogen-bond acceptors (Lipinski definition) is 4. The lowest BCUT2D eigenvalue weighted by Gasteiger charge is -2.21. The maximum absolute atomic E-state index is 12.4. The molecule has 0 bridgehead atoms. The van der Waals surface area contributed by atoms with Crippen molar-refractivity contribution in [3.8, 4) is 0 Å². The largest absolute Gasteiger partial charge is 0.480 e. The predicted molar refractivity (Wildman–Crippen MR) is 93.1 cm³/mol. The summed E-state index contributed by atoms with van der Waals surface area (Å²) in [7, 11) is 0. The molecule has 0 aliphatic carbocycles. The molecule has 2 heterocycles. The van der Waals surface area contributed by atoms with E-state index in [-0.39, 0.29) is 25.3 Å². The highest BCUT2D eigenvalue weighted by Crippen LogP contribution is 2.26. The Bertz CT molecular complexity index is 707. The molecule has 138 valence electrons. The van der Waals surface area contributed by atoms with Crippen molar-refractivity contribution in [3.63, 3.8) is 0 Å². The minimum Gasteiger partial charge on any atom is -0.480 e. The highest BCUT2D eigenvalue weighted by atomic mass is 16.6. The number of amides is 2. The number of hydrogen-bond donors (Lipinski definition) is 1. The molecule has 26 heavy (non-hydrogen) atoms. The zero-order valence-corrected chi connectivity index (χ0v) is 14.5. The number of rotatable bonds is 5.